The van der Waals surface area contributed by atoms with E-state index in [0.717, 1.165) is 18.7 Å². The van der Waals surface area contributed by atoms with E-state index in [2.05, 4.69) is 9.97 Å². The van der Waals surface area contributed by atoms with Gasteiger partial charge in [0, 0.05) is 45.5 Å². The number of nitrogens with one attached hydrogen (secondary N) is 1. The van der Waals surface area contributed by atoms with Crippen LogP contribution in [0.1, 0.15) is 24.6 Å². The molecule has 1 aromatic rings. The first-order valence-electron chi connectivity index (χ1n) is 5.68. The zero-order valence-electron chi connectivity index (χ0n) is 10.1. The van der Waals surface area contributed by atoms with Gasteiger partial charge in [-0.05, 0) is 12.8 Å². The lowest BCUT2D eigenvalue weighted by Gasteiger charge is -2.31. The fourth-order valence-electron chi connectivity index (χ4n) is 2.09. The number of piperidine rings is 1. The second-order valence-corrected chi connectivity index (χ2v) is 6.58. The Bertz CT molecular complexity index is 447. The summed E-state index contributed by atoms with van der Waals surface area (Å²) in [6.45, 7) is 1.12. The lowest BCUT2D eigenvalue weighted by Crippen LogP contribution is -2.44. The third kappa shape index (κ3) is 2.51. The van der Waals surface area contributed by atoms with Crippen LogP contribution in [0.25, 0.3) is 0 Å². The van der Waals surface area contributed by atoms with Gasteiger partial charge in [0.2, 0.25) is 0 Å². The van der Waals surface area contributed by atoms with Gasteiger partial charge in [-0.3, -0.25) is 0 Å². The maximum Gasteiger partial charge on any atom is 0.281 e. The lowest BCUT2D eigenvalue weighted by atomic mass is 9.98. The van der Waals surface area contributed by atoms with Crippen LogP contribution in [0.2, 0.25) is 0 Å². The molecule has 0 saturated carbocycles. The summed E-state index contributed by atoms with van der Waals surface area (Å²) in [5.74, 6) is 1.31. The van der Waals surface area contributed by atoms with E-state index in [1.54, 1.807) is 26.5 Å². The van der Waals surface area contributed by atoms with Crippen molar-refractivity contribution in [2.24, 2.45) is 0 Å². The van der Waals surface area contributed by atoms with Crippen molar-refractivity contribution in [3.63, 3.8) is 0 Å². The van der Waals surface area contributed by atoms with Crippen LogP contribution in [0.3, 0.4) is 0 Å². The van der Waals surface area contributed by atoms with Crippen LogP contribution in [-0.4, -0.2) is 54.2 Å². The Morgan fingerprint density at radius 3 is 2.53 bits per heavy atom. The Balaban J connectivity index is 1.99. The Kier molecular flexibility index (Phi) is 3.50. The molecule has 1 N–H and O–H groups in total. The minimum atomic E-state index is -3.26. The van der Waals surface area contributed by atoms with Crippen molar-refractivity contribution in [1.29, 1.82) is 0 Å². The molecule has 0 radical (unpaired) electrons. The van der Waals surface area contributed by atoms with Gasteiger partial charge in [0.25, 0.3) is 10.2 Å². The van der Waals surface area contributed by atoms with Crippen LogP contribution in [0.5, 0.6) is 0 Å². The summed E-state index contributed by atoms with van der Waals surface area (Å²) >= 11 is 0. The molecule has 2 heterocycles. The number of hydrogen-bond acceptors (Lipinski definition) is 3. The third-order valence-corrected chi connectivity index (χ3v) is 5.09. The minimum Gasteiger partial charge on any atom is -0.348 e. The topological polar surface area (TPSA) is 69.3 Å². The summed E-state index contributed by atoms with van der Waals surface area (Å²) in [6, 6.07) is 0. The van der Waals surface area contributed by atoms with Crippen LogP contribution < -0.4 is 0 Å². The number of rotatable bonds is 3. The molecule has 96 valence electrons. The van der Waals surface area contributed by atoms with E-state index in [1.807, 2.05) is 0 Å². The lowest BCUT2D eigenvalue weighted by molar-refractivity contribution is 0.298. The first-order valence-corrected chi connectivity index (χ1v) is 7.08. The zero-order valence-corrected chi connectivity index (χ0v) is 10.9. The highest BCUT2D eigenvalue weighted by Gasteiger charge is 2.30. The Morgan fingerprint density at radius 2 is 2.06 bits per heavy atom. The predicted octanol–water partition coefficient (Wildman–Crippen LogP) is 0.396. The zero-order chi connectivity index (χ0) is 12.5. The molecule has 0 aromatic carbocycles. The van der Waals surface area contributed by atoms with E-state index in [4.69, 9.17) is 0 Å². The second-order valence-electron chi connectivity index (χ2n) is 4.44. The van der Waals surface area contributed by atoms with Crippen molar-refractivity contribution in [2.75, 3.05) is 27.2 Å². The van der Waals surface area contributed by atoms with Gasteiger partial charge in [-0.25, -0.2) is 4.98 Å². The van der Waals surface area contributed by atoms with Crippen molar-refractivity contribution >= 4 is 10.2 Å². The van der Waals surface area contributed by atoms with Gasteiger partial charge < -0.3 is 4.98 Å². The number of aromatic amines is 1. The van der Waals surface area contributed by atoms with Crippen molar-refractivity contribution in [1.82, 2.24) is 18.6 Å². The van der Waals surface area contributed by atoms with E-state index in [9.17, 15) is 8.42 Å². The molecular weight excluding hydrogens is 240 g/mol. The maximum atomic E-state index is 11.9. The van der Waals surface area contributed by atoms with E-state index in [-0.39, 0.29) is 0 Å². The van der Waals surface area contributed by atoms with Gasteiger partial charge in [0.05, 0.1) is 0 Å². The van der Waals surface area contributed by atoms with Gasteiger partial charge in [-0.2, -0.15) is 17.0 Å². The molecule has 0 bridgehead atoms. The number of nitrogens with zero attached hydrogens (tertiary/aromatic N) is 3. The first-order chi connectivity index (χ1) is 8.01. The van der Waals surface area contributed by atoms with Crippen molar-refractivity contribution in [3.05, 3.63) is 18.2 Å². The number of H-pyrrole nitrogens is 1. The van der Waals surface area contributed by atoms with Crippen LogP contribution in [-0.2, 0) is 10.2 Å². The van der Waals surface area contributed by atoms with Crippen molar-refractivity contribution < 1.29 is 8.42 Å². The van der Waals surface area contributed by atoms with E-state index in [0.29, 0.717) is 19.0 Å². The SMILES string of the molecule is CN(C)S(=O)(=O)N1CCC(c2ncc[nH]2)CC1. The summed E-state index contributed by atoms with van der Waals surface area (Å²) in [5.41, 5.74) is 0. The largest absolute Gasteiger partial charge is 0.348 e. The van der Waals surface area contributed by atoms with Crippen LogP contribution in [0.15, 0.2) is 12.4 Å². The highest BCUT2D eigenvalue weighted by Crippen LogP contribution is 2.26. The molecule has 0 spiro atoms. The summed E-state index contributed by atoms with van der Waals surface area (Å²) in [7, 11) is -0.129. The average molecular weight is 258 g/mol. The molecular formula is C10H18N4O2S. The van der Waals surface area contributed by atoms with Gasteiger partial charge in [-0.15, -0.1) is 0 Å². The molecule has 1 aliphatic rings. The van der Waals surface area contributed by atoms with E-state index >= 15 is 0 Å². The molecule has 17 heavy (non-hydrogen) atoms. The summed E-state index contributed by atoms with van der Waals surface area (Å²) in [4.78, 5) is 7.32. The van der Waals surface area contributed by atoms with Crippen LogP contribution in [0.4, 0.5) is 0 Å². The van der Waals surface area contributed by atoms with Gasteiger partial charge in [-0.1, -0.05) is 0 Å². The highest BCUT2D eigenvalue weighted by molar-refractivity contribution is 7.86. The minimum absolute atomic E-state index is 0.346. The molecule has 1 saturated heterocycles. The second kappa shape index (κ2) is 4.75. The van der Waals surface area contributed by atoms with Crippen LogP contribution >= 0.6 is 0 Å². The standard InChI is InChI=1S/C10H18N4O2S/c1-13(2)17(15,16)14-7-3-9(4-8-14)10-11-5-6-12-10/h5-6,9H,3-4,7-8H2,1-2H3,(H,11,12). The molecule has 2 rings (SSSR count). The molecule has 1 aliphatic heterocycles. The Morgan fingerprint density at radius 1 is 1.41 bits per heavy atom. The average Bonchev–Trinajstić information content (AvgIpc) is 2.82. The summed E-state index contributed by atoms with van der Waals surface area (Å²) < 4.78 is 26.6. The third-order valence-electron chi connectivity index (χ3n) is 3.15. The normalized spacial score (nSPS) is 19.9. The highest BCUT2D eigenvalue weighted by atomic mass is 32.2. The predicted molar refractivity (Wildman–Crippen MR) is 64.7 cm³/mol. The smallest absolute Gasteiger partial charge is 0.281 e. The fraction of sp³-hybridized carbons (Fsp3) is 0.700. The van der Waals surface area contributed by atoms with E-state index in [1.165, 1.54) is 8.61 Å². The molecule has 1 aromatic heterocycles. The Labute approximate surface area is 102 Å². The summed E-state index contributed by atoms with van der Waals surface area (Å²) in [5, 5.41) is 0. The first kappa shape index (κ1) is 12.5. The quantitative estimate of drug-likeness (QED) is 0.853. The van der Waals surface area contributed by atoms with Gasteiger partial charge >= 0.3 is 0 Å². The monoisotopic (exact) mass is 258 g/mol. The Hall–Kier alpha value is -0.920. The van der Waals surface area contributed by atoms with Gasteiger partial charge in [0.1, 0.15) is 5.82 Å². The molecule has 1 fully saturated rings. The molecule has 0 aliphatic carbocycles. The molecule has 7 heteroatoms. The molecule has 6 nitrogen and oxygen atoms in total. The number of aromatic nitrogens is 2. The van der Waals surface area contributed by atoms with Crippen molar-refractivity contribution in [3.8, 4) is 0 Å². The van der Waals surface area contributed by atoms with Gasteiger partial charge in [0.15, 0.2) is 0 Å². The summed E-state index contributed by atoms with van der Waals surface area (Å²) in [6.07, 6.45) is 5.18. The maximum absolute atomic E-state index is 11.9. The van der Waals surface area contributed by atoms with Crippen molar-refractivity contribution in [2.45, 2.75) is 18.8 Å². The van der Waals surface area contributed by atoms with Crippen LogP contribution in [0, 0.1) is 0 Å². The molecule has 0 unspecified atom stereocenters. The molecule has 0 amide bonds. The van der Waals surface area contributed by atoms with E-state index < -0.39 is 10.2 Å². The number of hydrogen-bond donors (Lipinski definition) is 1. The fourth-order valence-corrected chi connectivity index (χ4v) is 3.23. The molecule has 0 atom stereocenters. The number of imidazole rings is 1.